The monoisotopic (exact) mass is 267 g/mol. The molecule has 106 valence electrons. The molecule has 0 aliphatic carbocycles. The molecule has 1 rings (SSSR count). The van der Waals surface area contributed by atoms with Crippen molar-refractivity contribution in [2.45, 2.75) is 6.54 Å². The highest BCUT2D eigenvalue weighted by molar-refractivity contribution is 5.97. The van der Waals surface area contributed by atoms with Crippen LogP contribution in [0, 0.1) is 0 Å². The highest BCUT2D eigenvalue weighted by atomic mass is 16.5. The number of aliphatic hydroxyl groups excluding tert-OH is 1. The summed E-state index contributed by atoms with van der Waals surface area (Å²) in [6.07, 6.45) is 0. The lowest BCUT2D eigenvalue weighted by Gasteiger charge is -2.21. The van der Waals surface area contributed by atoms with E-state index in [4.69, 9.17) is 20.8 Å². The Morgan fingerprint density at radius 2 is 2.21 bits per heavy atom. The van der Waals surface area contributed by atoms with Crippen LogP contribution in [0.5, 0.6) is 0 Å². The van der Waals surface area contributed by atoms with Crippen molar-refractivity contribution in [2.24, 2.45) is 10.9 Å². The Bertz CT molecular complexity index is 410. The van der Waals surface area contributed by atoms with Crippen LogP contribution >= 0.6 is 0 Å². The van der Waals surface area contributed by atoms with E-state index < -0.39 is 0 Å². The number of hydrogen-bond donors (Lipinski definition) is 3. The Morgan fingerprint density at radius 1 is 1.42 bits per heavy atom. The first-order valence-electron chi connectivity index (χ1n) is 6.10. The zero-order valence-electron chi connectivity index (χ0n) is 11.1. The van der Waals surface area contributed by atoms with E-state index in [1.807, 2.05) is 18.2 Å². The molecule has 0 spiro atoms. The number of benzene rings is 1. The second-order valence-corrected chi connectivity index (χ2v) is 4.18. The van der Waals surface area contributed by atoms with Crippen molar-refractivity contribution in [1.29, 1.82) is 0 Å². The van der Waals surface area contributed by atoms with Gasteiger partial charge in [-0.25, -0.2) is 0 Å². The lowest BCUT2D eigenvalue weighted by Crippen LogP contribution is -2.30. The van der Waals surface area contributed by atoms with Crippen LogP contribution in [0.2, 0.25) is 0 Å². The Hall–Kier alpha value is -1.63. The van der Waals surface area contributed by atoms with E-state index in [9.17, 15) is 0 Å². The number of oxime groups is 1. The van der Waals surface area contributed by atoms with Crippen LogP contribution in [0.4, 0.5) is 0 Å². The molecule has 0 saturated carbocycles. The maximum atomic E-state index is 9.04. The summed E-state index contributed by atoms with van der Waals surface area (Å²) in [7, 11) is 1.65. The number of nitrogens with two attached hydrogens (primary N) is 1. The summed E-state index contributed by atoms with van der Waals surface area (Å²) in [5.41, 5.74) is 7.27. The first kappa shape index (κ1) is 15.4. The summed E-state index contributed by atoms with van der Waals surface area (Å²) in [5.74, 6) is 0.0902. The molecule has 0 atom stereocenters. The van der Waals surface area contributed by atoms with E-state index in [-0.39, 0.29) is 12.4 Å². The van der Waals surface area contributed by atoms with Gasteiger partial charge in [0.25, 0.3) is 0 Å². The van der Waals surface area contributed by atoms with Gasteiger partial charge in [0.2, 0.25) is 0 Å². The summed E-state index contributed by atoms with van der Waals surface area (Å²) in [6.45, 7) is 2.71. The van der Waals surface area contributed by atoms with Gasteiger partial charge in [0, 0.05) is 32.3 Å². The van der Waals surface area contributed by atoms with Crippen LogP contribution < -0.4 is 5.73 Å². The number of amidine groups is 1. The maximum absolute atomic E-state index is 9.04. The number of rotatable bonds is 8. The molecule has 0 aromatic heterocycles. The molecule has 0 radical (unpaired) electrons. The number of hydrogen-bond acceptors (Lipinski definition) is 5. The third-order valence-electron chi connectivity index (χ3n) is 2.76. The van der Waals surface area contributed by atoms with E-state index in [2.05, 4.69) is 10.1 Å². The Labute approximate surface area is 113 Å². The summed E-state index contributed by atoms with van der Waals surface area (Å²) in [5, 5.41) is 20.7. The predicted molar refractivity (Wildman–Crippen MR) is 73.2 cm³/mol. The van der Waals surface area contributed by atoms with Crippen LogP contribution in [-0.4, -0.2) is 54.5 Å². The molecule has 6 nitrogen and oxygen atoms in total. The van der Waals surface area contributed by atoms with E-state index >= 15 is 0 Å². The maximum Gasteiger partial charge on any atom is 0.170 e. The summed E-state index contributed by atoms with van der Waals surface area (Å²) in [6, 6.07) is 7.47. The molecule has 0 fully saturated rings. The zero-order valence-corrected chi connectivity index (χ0v) is 11.1. The van der Waals surface area contributed by atoms with Gasteiger partial charge in [0.1, 0.15) is 0 Å². The van der Waals surface area contributed by atoms with E-state index in [0.29, 0.717) is 25.3 Å². The lowest BCUT2D eigenvalue weighted by molar-refractivity contribution is 0.127. The average Bonchev–Trinajstić information content (AvgIpc) is 2.44. The van der Waals surface area contributed by atoms with Gasteiger partial charge >= 0.3 is 0 Å². The number of ether oxygens (including phenoxy) is 1. The lowest BCUT2D eigenvalue weighted by atomic mass is 10.1. The Balaban J connectivity index is 2.72. The number of nitrogens with zero attached hydrogens (tertiary/aromatic N) is 2. The van der Waals surface area contributed by atoms with Crippen molar-refractivity contribution in [3.8, 4) is 0 Å². The first-order chi connectivity index (χ1) is 9.21. The minimum atomic E-state index is 0.0902. The van der Waals surface area contributed by atoms with Gasteiger partial charge in [-0.1, -0.05) is 23.4 Å². The Kier molecular flexibility index (Phi) is 6.88. The topological polar surface area (TPSA) is 91.3 Å². The van der Waals surface area contributed by atoms with Gasteiger partial charge < -0.3 is 20.8 Å². The van der Waals surface area contributed by atoms with E-state index in [0.717, 1.165) is 12.1 Å². The van der Waals surface area contributed by atoms with Gasteiger partial charge in [-0.2, -0.15) is 0 Å². The third kappa shape index (κ3) is 5.25. The third-order valence-corrected chi connectivity index (χ3v) is 2.76. The molecule has 1 aromatic rings. The van der Waals surface area contributed by atoms with Gasteiger partial charge in [-0.15, -0.1) is 0 Å². The Morgan fingerprint density at radius 3 is 2.84 bits per heavy atom. The second-order valence-electron chi connectivity index (χ2n) is 4.18. The van der Waals surface area contributed by atoms with Gasteiger partial charge in [0.15, 0.2) is 5.84 Å². The van der Waals surface area contributed by atoms with Gasteiger partial charge in [-0.3, -0.25) is 4.90 Å². The van der Waals surface area contributed by atoms with Crippen molar-refractivity contribution >= 4 is 5.84 Å². The van der Waals surface area contributed by atoms with Crippen LogP contribution in [-0.2, 0) is 11.3 Å². The second kappa shape index (κ2) is 8.47. The number of aliphatic hydroxyl groups is 1. The molecule has 0 bridgehead atoms. The molecule has 4 N–H and O–H groups in total. The molecule has 1 aromatic carbocycles. The highest BCUT2D eigenvalue weighted by Crippen LogP contribution is 2.08. The highest BCUT2D eigenvalue weighted by Gasteiger charge is 2.07. The van der Waals surface area contributed by atoms with Crippen LogP contribution in [0.15, 0.2) is 29.4 Å². The zero-order chi connectivity index (χ0) is 14.1. The van der Waals surface area contributed by atoms with Gasteiger partial charge in [0.05, 0.1) is 13.2 Å². The van der Waals surface area contributed by atoms with Crippen LogP contribution in [0.1, 0.15) is 11.1 Å². The fourth-order valence-corrected chi connectivity index (χ4v) is 1.78. The SMILES string of the molecule is COCCN(CCO)Cc1cccc(/C(N)=N/O)c1. The molecule has 19 heavy (non-hydrogen) atoms. The molecular formula is C13H21N3O3. The molecule has 0 amide bonds. The fraction of sp³-hybridized carbons (Fsp3) is 0.462. The van der Waals surface area contributed by atoms with Crippen molar-refractivity contribution < 1.29 is 15.1 Å². The predicted octanol–water partition coefficient (Wildman–Crippen LogP) is 0.222. The largest absolute Gasteiger partial charge is 0.409 e. The summed E-state index contributed by atoms with van der Waals surface area (Å²) < 4.78 is 5.04. The van der Waals surface area contributed by atoms with Gasteiger partial charge in [-0.05, 0) is 11.6 Å². The van der Waals surface area contributed by atoms with E-state index in [1.54, 1.807) is 13.2 Å². The van der Waals surface area contributed by atoms with Crippen molar-refractivity contribution in [1.82, 2.24) is 4.90 Å². The number of methoxy groups -OCH3 is 1. The molecule has 6 heteroatoms. The first-order valence-corrected chi connectivity index (χ1v) is 6.10. The average molecular weight is 267 g/mol. The quantitative estimate of drug-likeness (QED) is 0.271. The molecule has 0 unspecified atom stereocenters. The molecule has 0 aliphatic rings. The summed E-state index contributed by atoms with van der Waals surface area (Å²) >= 11 is 0. The van der Waals surface area contributed by atoms with Crippen molar-refractivity contribution in [3.63, 3.8) is 0 Å². The smallest absolute Gasteiger partial charge is 0.170 e. The molecule has 0 aliphatic heterocycles. The standard InChI is InChI=1S/C13H21N3O3/c1-19-8-6-16(5-7-17)10-11-3-2-4-12(9-11)13(14)15-18/h2-4,9,17-18H,5-8,10H2,1H3,(H2,14,15). The minimum absolute atomic E-state index is 0.0902. The minimum Gasteiger partial charge on any atom is -0.409 e. The van der Waals surface area contributed by atoms with Crippen molar-refractivity contribution in [2.75, 3.05) is 33.4 Å². The molecule has 0 heterocycles. The van der Waals surface area contributed by atoms with Crippen LogP contribution in [0.3, 0.4) is 0 Å². The van der Waals surface area contributed by atoms with Crippen LogP contribution in [0.25, 0.3) is 0 Å². The van der Waals surface area contributed by atoms with E-state index in [1.165, 1.54) is 0 Å². The van der Waals surface area contributed by atoms with Crippen molar-refractivity contribution in [3.05, 3.63) is 35.4 Å². The molecular weight excluding hydrogens is 246 g/mol. The summed E-state index contributed by atoms with van der Waals surface area (Å²) in [4.78, 5) is 2.08. The fourth-order valence-electron chi connectivity index (χ4n) is 1.78. The molecule has 0 saturated heterocycles. The normalized spacial score (nSPS) is 12.1.